The van der Waals surface area contributed by atoms with Crippen LogP contribution in [0.4, 0.5) is 5.69 Å². The Morgan fingerprint density at radius 3 is 2.64 bits per heavy atom. The fourth-order valence-electron chi connectivity index (χ4n) is 3.37. The van der Waals surface area contributed by atoms with Crippen LogP contribution in [0.15, 0.2) is 52.4 Å². The lowest BCUT2D eigenvalue weighted by Gasteiger charge is -2.38. The molecule has 5 heteroatoms. The quantitative estimate of drug-likeness (QED) is 0.572. The summed E-state index contributed by atoms with van der Waals surface area (Å²) in [5.41, 5.74) is 2.63. The molecule has 2 aliphatic carbocycles. The summed E-state index contributed by atoms with van der Waals surface area (Å²) < 4.78 is 7.89. The molecule has 2 aromatic rings. The van der Waals surface area contributed by atoms with Gasteiger partial charge in [-0.3, -0.25) is 4.79 Å². The Balaban J connectivity index is 1.56. The Kier molecular flexibility index (Phi) is 4.62. The van der Waals surface area contributed by atoms with Crippen molar-refractivity contribution in [3.8, 4) is 0 Å². The molecule has 0 N–H and O–H groups in total. The summed E-state index contributed by atoms with van der Waals surface area (Å²) in [6, 6.07) is 12.1. The first-order valence-electron chi connectivity index (χ1n) is 8.76. The second kappa shape index (κ2) is 7.04. The number of benzene rings is 1. The van der Waals surface area contributed by atoms with Crippen molar-refractivity contribution in [2.45, 2.75) is 50.4 Å². The van der Waals surface area contributed by atoms with Gasteiger partial charge in [-0.1, -0.05) is 30.3 Å². The van der Waals surface area contributed by atoms with Crippen LogP contribution in [0.1, 0.15) is 48.8 Å². The van der Waals surface area contributed by atoms with Crippen LogP contribution >= 0.6 is 12.2 Å². The van der Waals surface area contributed by atoms with Gasteiger partial charge in [-0.25, -0.2) is 0 Å². The van der Waals surface area contributed by atoms with E-state index in [-0.39, 0.29) is 17.7 Å². The number of aliphatic imine (C=N–C) groups is 1. The molecule has 1 aromatic carbocycles. The van der Waals surface area contributed by atoms with Crippen molar-refractivity contribution in [3.05, 3.63) is 64.1 Å². The summed E-state index contributed by atoms with van der Waals surface area (Å²) in [5.74, 6) is 0.551. The monoisotopic (exact) mass is 352 g/mol. The molecule has 0 aliphatic heterocycles. The minimum atomic E-state index is -0.0974. The molecule has 0 spiro atoms. The Morgan fingerprint density at radius 2 is 2.00 bits per heavy atom. The first-order valence-corrected chi connectivity index (χ1v) is 9.16. The summed E-state index contributed by atoms with van der Waals surface area (Å²) >= 11 is 4.70. The second-order valence-corrected chi connectivity index (χ2v) is 7.01. The number of hydrogen-bond acceptors (Lipinski definition) is 4. The molecule has 2 aliphatic rings. The molecule has 2 fully saturated rings. The van der Waals surface area contributed by atoms with Crippen LogP contribution in [0.3, 0.4) is 0 Å². The highest BCUT2D eigenvalue weighted by Crippen LogP contribution is 2.42. The van der Waals surface area contributed by atoms with Gasteiger partial charge in [0.25, 0.3) is 5.56 Å². The van der Waals surface area contributed by atoms with Crippen molar-refractivity contribution in [1.82, 2.24) is 4.57 Å². The number of isothiocyanates is 1. The molecular formula is C20H20N2O2S. The van der Waals surface area contributed by atoms with Crippen LogP contribution in [-0.4, -0.2) is 15.8 Å². The minimum Gasteiger partial charge on any atom is -0.371 e. The molecule has 4 nitrogen and oxygen atoms in total. The summed E-state index contributed by atoms with van der Waals surface area (Å²) in [7, 11) is 0. The zero-order valence-corrected chi connectivity index (χ0v) is 14.7. The van der Waals surface area contributed by atoms with Crippen molar-refractivity contribution in [2.75, 3.05) is 0 Å². The third-order valence-corrected chi connectivity index (χ3v) is 5.19. The molecule has 2 saturated carbocycles. The number of rotatable bonds is 6. The normalized spacial score (nSPS) is 22.1. The van der Waals surface area contributed by atoms with E-state index in [1.165, 1.54) is 18.4 Å². The Bertz CT molecular complexity index is 867. The first kappa shape index (κ1) is 16.4. The highest BCUT2D eigenvalue weighted by molar-refractivity contribution is 7.78. The van der Waals surface area contributed by atoms with Crippen LogP contribution in [0.5, 0.6) is 0 Å². The van der Waals surface area contributed by atoms with Crippen molar-refractivity contribution in [1.29, 1.82) is 0 Å². The van der Waals surface area contributed by atoms with Gasteiger partial charge in [-0.2, -0.15) is 4.99 Å². The van der Waals surface area contributed by atoms with Gasteiger partial charge in [-0.05, 0) is 61.0 Å². The van der Waals surface area contributed by atoms with Gasteiger partial charge in [0.1, 0.15) is 5.69 Å². The zero-order valence-electron chi connectivity index (χ0n) is 13.9. The molecular weight excluding hydrogens is 332 g/mol. The second-order valence-electron chi connectivity index (χ2n) is 6.83. The standard InChI is InChI=1S/C20H20N2O2S/c23-20-17(21-13-25)10-16(15-6-7-15)11-22(20)18-8-9-19(18)24-12-14-4-2-1-3-5-14/h1-5,10-11,15,18-19H,6-9,12H2/t18?,19-/m0/s1. The molecule has 4 rings (SSSR count). The average molecular weight is 352 g/mol. The van der Waals surface area contributed by atoms with Crippen LogP contribution < -0.4 is 5.56 Å². The third-order valence-electron chi connectivity index (χ3n) is 5.10. The van der Waals surface area contributed by atoms with Crippen molar-refractivity contribution in [2.24, 2.45) is 4.99 Å². The molecule has 0 radical (unpaired) electrons. The molecule has 25 heavy (non-hydrogen) atoms. The van der Waals surface area contributed by atoms with E-state index in [0.717, 1.165) is 18.4 Å². The molecule has 2 atom stereocenters. The number of hydrogen-bond donors (Lipinski definition) is 0. The maximum absolute atomic E-state index is 12.7. The molecule has 128 valence electrons. The van der Waals surface area contributed by atoms with Crippen molar-refractivity contribution < 1.29 is 4.74 Å². The number of pyridine rings is 1. The van der Waals surface area contributed by atoms with Gasteiger partial charge >= 0.3 is 0 Å². The Morgan fingerprint density at radius 1 is 1.20 bits per heavy atom. The lowest BCUT2D eigenvalue weighted by molar-refractivity contribution is -0.0503. The first-order chi connectivity index (χ1) is 12.3. The fourth-order valence-corrected chi connectivity index (χ4v) is 3.46. The predicted molar refractivity (Wildman–Crippen MR) is 101 cm³/mol. The molecule has 1 unspecified atom stereocenters. The van der Waals surface area contributed by atoms with E-state index in [1.807, 2.05) is 35.0 Å². The van der Waals surface area contributed by atoms with E-state index >= 15 is 0 Å². The SMILES string of the molecule is O=c1c(N=C=S)cc(C2CC2)cn1C1CC[C@@H]1OCc1ccccc1. The van der Waals surface area contributed by atoms with E-state index in [4.69, 9.17) is 17.0 Å². The van der Waals surface area contributed by atoms with Crippen LogP contribution in [0.2, 0.25) is 0 Å². The number of thiocarbonyl (C=S) groups is 1. The Labute approximate surface area is 152 Å². The predicted octanol–water partition coefficient (Wildman–Crippen LogP) is 4.38. The number of aromatic nitrogens is 1. The van der Waals surface area contributed by atoms with Crippen LogP contribution in [-0.2, 0) is 11.3 Å². The van der Waals surface area contributed by atoms with E-state index < -0.39 is 0 Å². The topological polar surface area (TPSA) is 43.6 Å². The van der Waals surface area contributed by atoms with E-state index in [9.17, 15) is 4.79 Å². The van der Waals surface area contributed by atoms with E-state index in [1.54, 1.807) is 0 Å². The minimum absolute atomic E-state index is 0.0664. The van der Waals surface area contributed by atoms with E-state index in [2.05, 4.69) is 22.3 Å². The van der Waals surface area contributed by atoms with Gasteiger partial charge in [0.2, 0.25) is 0 Å². The average Bonchev–Trinajstić information content (AvgIpc) is 3.43. The maximum Gasteiger partial charge on any atom is 0.277 e. The van der Waals surface area contributed by atoms with E-state index in [0.29, 0.717) is 18.2 Å². The Hall–Kier alpha value is -2.07. The molecule has 1 aromatic heterocycles. The number of nitrogens with zero attached hydrogens (tertiary/aromatic N) is 2. The third kappa shape index (κ3) is 3.49. The zero-order chi connectivity index (χ0) is 17.2. The summed E-state index contributed by atoms with van der Waals surface area (Å²) in [5, 5.41) is 2.34. The molecule has 1 heterocycles. The highest BCUT2D eigenvalue weighted by atomic mass is 32.1. The van der Waals surface area contributed by atoms with Crippen molar-refractivity contribution >= 4 is 23.1 Å². The van der Waals surface area contributed by atoms with Gasteiger partial charge in [0.15, 0.2) is 0 Å². The van der Waals surface area contributed by atoms with Crippen LogP contribution in [0.25, 0.3) is 0 Å². The van der Waals surface area contributed by atoms with Gasteiger partial charge in [0.05, 0.1) is 23.9 Å². The van der Waals surface area contributed by atoms with Gasteiger partial charge < -0.3 is 9.30 Å². The van der Waals surface area contributed by atoms with Gasteiger partial charge in [-0.15, -0.1) is 0 Å². The molecule has 0 bridgehead atoms. The fraction of sp³-hybridized carbons (Fsp3) is 0.400. The molecule has 0 saturated heterocycles. The van der Waals surface area contributed by atoms with Gasteiger partial charge in [0, 0.05) is 6.20 Å². The van der Waals surface area contributed by atoms with Crippen molar-refractivity contribution in [3.63, 3.8) is 0 Å². The summed E-state index contributed by atoms with van der Waals surface area (Å²) in [6.07, 6.45) is 6.36. The van der Waals surface area contributed by atoms with Crippen LogP contribution in [0, 0.1) is 0 Å². The lowest BCUT2D eigenvalue weighted by atomic mass is 9.88. The summed E-state index contributed by atoms with van der Waals surface area (Å²) in [6.45, 7) is 0.573. The lowest BCUT2D eigenvalue weighted by Crippen LogP contribution is -2.41. The maximum atomic E-state index is 12.7. The highest BCUT2D eigenvalue weighted by Gasteiger charge is 2.35. The largest absolute Gasteiger partial charge is 0.371 e. The number of ether oxygens (including phenoxy) is 1. The smallest absolute Gasteiger partial charge is 0.277 e. The summed E-state index contributed by atoms with van der Waals surface area (Å²) in [4.78, 5) is 16.7. The molecule has 0 amide bonds.